The zero-order valence-electron chi connectivity index (χ0n) is 20.0. The van der Waals surface area contributed by atoms with E-state index in [2.05, 4.69) is 12.2 Å². The maximum atomic E-state index is 12.3. The molecule has 0 aromatic heterocycles. The van der Waals surface area contributed by atoms with E-state index in [1.807, 2.05) is 60.7 Å². The van der Waals surface area contributed by atoms with Gasteiger partial charge in [0, 0.05) is 17.1 Å². The van der Waals surface area contributed by atoms with Crippen LogP contribution in [0.25, 0.3) is 11.1 Å². The van der Waals surface area contributed by atoms with Gasteiger partial charge in [0.15, 0.2) is 0 Å². The number of hydrogen-bond donors (Lipinski definition) is 2. The van der Waals surface area contributed by atoms with Gasteiger partial charge in [0.1, 0.15) is 11.9 Å². The van der Waals surface area contributed by atoms with Gasteiger partial charge in [-0.25, -0.2) is 0 Å². The maximum absolute atomic E-state index is 12.3. The average molecular weight is 494 g/mol. The topological polar surface area (TPSA) is 75.6 Å². The van der Waals surface area contributed by atoms with Crippen molar-refractivity contribution < 1.29 is 19.4 Å². The number of amides is 1. The first kappa shape index (κ1) is 26.3. The second kappa shape index (κ2) is 13.5. The van der Waals surface area contributed by atoms with Crippen molar-refractivity contribution in [2.24, 2.45) is 0 Å². The summed E-state index contributed by atoms with van der Waals surface area (Å²) in [5.74, 6) is -0.431. The fourth-order valence-electron chi connectivity index (χ4n) is 3.82. The first-order valence-electron chi connectivity index (χ1n) is 12.1. The number of hydrogen-bond acceptors (Lipinski definition) is 3. The van der Waals surface area contributed by atoms with Gasteiger partial charge >= 0.3 is 5.97 Å². The molecule has 6 heteroatoms. The van der Waals surface area contributed by atoms with Crippen LogP contribution < -0.4 is 10.1 Å². The predicted molar refractivity (Wildman–Crippen MR) is 140 cm³/mol. The molecule has 1 amide bonds. The summed E-state index contributed by atoms with van der Waals surface area (Å²) < 4.78 is 6.40. The number of carbonyl (C=O) groups is 2. The summed E-state index contributed by atoms with van der Waals surface area (Å²) in [4.78, 5) is 22.9. The lowest BCUT2D eigenvalue weighted by Gasteiger charge is -2.20. The molecule has 0 bridgehead atoms. The Labute approximate surface area is 212 Å². The van der Waals surface area contributed by atoms with Crippen LogP contribution in [-0.2, 0) is 4.79 Å². The van der Waals surface area contributed by atoms with Crippen molar-refractivity contribution >= 4 is 23.5 Å². The van der Waals surface area contributed by atoms with Crippen molar-refractivity contribution in [1.29, 1.82) is 0 Å². The highest BCUT2D eigenvalue weighted by atomic mass is 35.5. The maximum Gasteiger partial charge on any atom is 0.305 e. The summed E-state index contributed by atoms with van der Waals surface area (Å²) in [7, 11) is 0. The van der Waals surface area contributed by atoms with Crippen LogP contribution in [0.1, 0.15) is 67.5 Å². The molecule has 3 rings (SSSR count). The minimum atomic E-state index is -0.940. The zero-order valence-corrected chi connectivity index (χ0v) is 20.8. The number of nitrogens with one attached hydrogen (secondary N) is 1. The van der Waals surface area contributed by atoms with E-state index in [4.69, 9.17) is 21.4 Å². The third-order valence-corrected chi connectivity index (χ3v) is 6.05. The van der Waals surface area contributed by atoms with Crippen molar-refractivity contribution in [1.82, 2.24) is 5.32 Å². The second-order valence-corrected chi connectivity index (χ2v) is 8.95. The summed E-state index contributed by atoms with van der Waals surface area (Å²) in [6.07, 6.45) is 5.21. The molecule has 0 heterocycles. The summed E-state index contributed by atoms with van der Waals surface area (Å²) in [6.45, 7) is 2.29. The number of rotatable bonds is 13. The van der Waals surface area contributed by atoms with Crippen molar-refractivity contribution in [3.8, 4) is 16.9 Å². The Hall–Kier alpha value is -3.31. The van der Waals surface area contributed by atoms with Crippen LogP contribution in [0.2, 0.25) is 5.02 Å². The molecule has 184 valence electrons. The molecule has 1 unspecified atom stereocenters. The van der Waals surface area contributed by atoms with Crippen LogP contribution >= 0.6 is 11.6 Å². The average Bonchev–Trinajstić information content (AvgIpc) is 2.86. The molecule has 3 aromatic rings. The van der Waals surface area contributed by atoms with Crippen molar-refractivity contribution in [2.45, 2.75) is 51.6 Å². The quantitative estimate of drug-likeness (QED) is 0.245. The highest BCUT2D eigenvalue weighted by Gasteiger charge is 2.15. The van der Waals surface area contributed by atoms with E-state index in [0.29, 0.717) is 10.6 Å². The Bertz CT molecular complexity index is 1080. The normalized spacial score (nSPS) is 11.6. The molecule has 0 saturated carbocycles. The van der Waals surface area contributed by atoms with Crippen molar-refractivity contribution in [3.63, 3.8) is 0 Å². The van der Waals surface area contributed by atoms with Crippen molar-refractivity contribution in [3.05, 3.63) is 88.9 Å². The van der Waals surface area contributed by atoms with E-state index < -0.39 is 5.97 Å². The van der Waals surface area contributed by atoms with Gasteiger partial charge in [0.2, 0.25) is 0 Å². The van der Waals surface area contributed by atoms with Gasteiger partial charge in [-0.1, -0.05) is 74.2 Å². The van der Waals surface area contributed by atoms with Gasteiger partial charge in [-0.3, -0.25) is 9.59 Å². The minimum absolute atomic E-state index is 0.102. The Morgan fingerprint density at radius 2 is 1.51 bits per heavy atom. The van der Waals surface area contributed by atoms with Crippen LogP contribution in [0.15, 0.2) is 72.8 Å². The second-order valence-electron chi connectivity index (χ2n) is 8.51. The first-order valence-corrected chi connectivity index (χ1v) is 12.5. The molecule has 0 aliphatic heterocycles. The number of benzene rings is 3. The number of unbranched alkanes of at least 4 members (excludes halogenated alkanes) is 3. The Balaban J connectivity index is 1.69. The third-order valence-electron chi connectivity index (χ3n) is 5.80. The number of ether oxygens (including phenoxy) is 1. The Morgan fingerprint density at radius 1 is 0.886 bits per heavy atom. The molecule has 0 fully saturated rings. The number of carboxylic acid groups (broad SMARTS) is 1. The largest absolute Gasteiger partial charge is 0.486 e. The van der Waals surface area contributed by atoms with E-state index in [1.54, 1.807) is 12.1 Å². The first-order chi connectivity index (χ1) is 17.0. The molecule has 5 nitrogen and oxygen atoms in total. The van der Waals surface area contributed by atoms with E-state index in [-0.39, 0.29) is 25.0 Å². The zero-order chi connectivity index (χ0) is 25.0. The lowest BCUT2D eigenvalue weighted by atomic mass is 10.0. The van der Waals surface area contributed by atoms with Gasteiger partial charge in [0.05, 0.1) is 6.42 Å². The molecule has 0 saturated heterocycles. The number of aliphatic carboxylic acids is 1. The highest BCUT2D eigenvalue weighted by Crippen LogP contribution is 2.30. The van der Waals surface area contributed by atoms with E-state index in [9.17, 15) is 9.59 Å². The van der Waals surface area contributed by atoms with E-state index >= 15 is 0 Å². The van der Waals surface area contributed by atoms with Gasteiger partial charge in [-0.2, -0.15) is 0 Å². The summed E-state index contributed by atoms with van der Waals surface area (Å²) in [5, 5.41) is 12.1. The number of carbonyl (C=O) groups excluding carboxylic acids is 1. The SMILES string of the molecule is CCCCCCC(Oc1ccc(-c2ccc(Cl)cc2)cc1)c1ccc(C(=O)NCCC(=O)O)cc1. The van der Waals surface area contributed by atoms with Crippen LogP contribution in [0.5, 0.6) is 5.75 Å². The summed E-state index contributed by atoms with van der Waals surface area (Å²) in [6, 6.07) is 23.1. The van der Waals surface area contributed by atoms with Gasteiger partial charge in [0.25, 0.3) is 5.91 Å². The van der Waals surface area contributed by atoms with Gasteiger partial charge < -0.3 is 15.2 Å². The fraction of sp³-hybridized carbons (Fsp3) is 0.310. The fourth-order valence-corrected chi connectivity index (χ4v) is 3.94. The molecule has 0 aliphatic carbocycles. The van der Waals surface area contributed by atoms with Crippen LogP contribution in [0, 0.1) is 0 Å². The lowest BCUT2D eigenvalue weighted by Crippen LogP contribution is -2.26. The smallest absolute Gasteiger partial charge is 0.305 e. The molecule has 1 atom stereocenters. The standard InChI is InChI=1S/C29H32ClNO4/c1-2-3-4-5-6-27(23-7-9-24(10-8-23)29(34)31-20-19-28(32)33)35-26-17-13-22(14-18-26)21-11-15-25(30)16-12-21/h7-18,27H,2-6,19-20H2,1H3,(H,31,34)(H,32,33). The van der Waals surface area contributed by atoms with Gasteiger partial charge in [-0.15, -0.1) is 0 Å². The number of carboxylic acids is 1. The Morgan fingerprint density at radius 3 is 2.11 bits per heavy atom. The van der Waals surface area contributed by atoms with Crippen LogP contribution in [-0.4, -0.2) is 23.5 Å². The van der Waals surface area contributed by atoms with Gasteiger partial charge in [-0.05, 0) is 65.9 Å². The van der Waals surface area contributed by atoms with Crippen molar-refractivity contribution in [2.75, 3.05) is 6.54 Å². The molecule has 35 heavy (non-hydrogen) atoms. The minimum Gasteiger partial charge on any atom is -0.486 e. The number of halogens is 1. The molecule has 3 aromatic carbocycles. The summed E-state index contributed by atoms with van der Waals surface area (Å²) >= 11 is 6.00. The van der Waals surface area contributed by atoms with Crippen LogP contribution in [0.3, 0.4) is 0 Å². The predicted octanol–water partition coefficient (Wildman–Crippen LogP) is 7.30. The molecular weight excluding hydrogens is 462 g/mol. The molecule has 0 spiro atoms. The van der Waals surface area contributed by atoms with Crippen LogP contribution in [0.4, 0.5) is 0 Å². The molecule has 0 radical (unpaired) electrons. The molecular formula is C29H32ClNO4. The summed E-state index contributed by atoms with van der Waals surface area (Å²) in [5.41, 5.74) is 3.68. The lowest BCUT2D eigenvalue weighted by molar-refractivity contribution is -0.136. The molecule has 0 aliphatic rings. The Kier molecular flexibility index (Phi) is 10.2. The van der Waals surface area contributed by atoms with E-state index in [0.717, 1.165) is 41.7 Å². The monoisotopic (exact) mass is 493 g/mol. The molecule has 2 N–H and O–H groups in total. The third kappa shape index (κ3) is 8.45. The van der Waals surface area contributed by atoms with E-state index in [1.165, 1.54) is 12.8 Å². The highest BCUT2D eigenvalue weighted by molar-refractivity contribution is 6.30.